The zero-order valence-corrected chi connectivity index (χ0v) is 21.7. The Labute approximate surface area is 209 Å². The monoisotopic (exact) mass is 487 g/mol. The van der Waals surface area contributed by atoms with E-state index in [2.05, 4.69) is 0 Å². The smallest absolute Gasteiger partial charge is 0.410 e. The van der Waals surface area contributed by atoms with Crippen molar-refractivity contribution in [3.05, 3.63) is 30.3 Å². The second-order valence-electron chi connectivity index (χ2n) is 10.7. The van der Waals surface area contributed by atoms with Gasteiger partial charge in [0.2, 0.25) is 11.8 Å². The Hall–Kier alpha value is -2.77. The Balaban J connectivity index is 1.39. The molecule has 0 radical (unpaired) electrons. The molecule has 35 heavy (non-hydrogen) atoms. The van der Waals surface area contributed by atoms with E-state index >= 15 is 0 Å². The third-order valence-corrected chi connectivity index (χ3v) is 6.59. The number of nitrogens with zero attached hydrogens (tertiary/aromatic N) is 3. The molecule has 0 bridgehead atoms. The summed E-state index contributed by atoms with van der Waals surface area (Å²) in [7, 11) is 1.76. The van der Waals surface area contributed by atoms with Crippen molar-refractivity contribution in [2.24, 2.45) is 11.8 Å². The highest BCUT2D eigenvalue weighted by atomic mass is 16.6. The number of likely N-dealkylation sites (tertiary alicyclic amines) is 2. The number of amides is 3. The predicted molar refractivity (Wildman–Crippen MR) is 134 cm³/mol. The first kappa shape index (κ1) is 26.8. The molecule has 8 nitrogen and oxygen atoms in total. The molecule has 1 atom stereocenters. The molecule has 0 saturated carbocycles. The highest BCUT2D eigenvalue weighted by molar-refractivity contribution is 5.80. The molecule has 0 aliphatic carbocycles. The van der Waals surface area contributed by atoms with Crippen LogP contribution < -0.4 is 4.74 Å². The van der Waals surface area contributed by atoms with Gasteiger partial charge in [-0.25, -0.2) is 4.79 Å². The summed E-state index contributed by atoms with van der Waals surface area (Å²) in [6.45, 7) is 9.17. The highest BCUT2D eigenvalue weighted by Gasteiger charge is 2.33. The van der Waals surface area contributed by atoms with Crippen LogP contribution >= 0.6 is 0 Å². The summed E-state index contributed by atoms with van der Waals surface area (Å²) >= 11 is 0. The molecule has 0 N–H and O–H groups in total. The molecular formula is C27H41N3O5. The van der Waals surface area contributed by atoms with Gasteiger partial charge in [0.25, 0.3) is 0 Å². The standard InChI is InChI=1S/C27H41N3O5/c1-27(2,3)35-26(33)28(4)19-21-9-8-15-30(20-21)25(32)22-12-16-29(17-13-22)24(31)14-18-34-23-10-6-5-7-11-23/h5-7,10-11,21-22H,8-9,12-20H2,1-4H3. The lowest BCUT2D eigenvalue weighted by atomic mass is 9.92. The molecule has 2 saturated heterocycles. The van der Waals surface area contributed by atoms with Crippen molar-refractivity contribution in [2.75, 3.05) is 46.4 Å². The van der Waals surface area contributed by atoms with E-state index in [1.54, 1.807) is 11.9 Å². The van der Waals surface area contributed by atoms with Crippen LogP contribution in [0.2, 0.25) is 0 Å². The molecule has 1 aromatic carbocycles. The summed E-state index contributed by atoms with van der Waals surface area (Å²) in [5, 5.41) is 0. The van der Waals surface area contributed by atoms with Crippen molar-refractivity contribution in [1.82, 2.24) is 14.7 Å². The molecule has 2 aliphatic rings. The van der Waals surface area contributed by atoms with Crippen LogP contribution in [-0.4, -0.2) is 84.6 Å². The molecule has 2 aliphatic heterocycles. The van der Waals surface area contributed by atoms with Crippen LogP contribution in [-0.2, 0) is 14.3 Å². The maximum atomic E-state index is 13.2. The maximum Gasteiger partial charge on any atom is 0.410 e. The lowest BCUT2D eigenvalue weighted by Crippen LogP contribution is -2.49. The van der Waals surface area contributed by atoms with Gasteiger partial charge in [0.15, 0.2) is 0 Å². The third-order valence-electron chi connectivity index (χ3n) is 6.59. The minimum absolute atomic E-state index is 0.0399. The van der Waals surface area contributed by atoms with Crippen LogP contribution in [0.25, 0.3) is 0 Å². The second kappa shape index (κ2) is 12.3. The number of hydrogen-bond donors (Lipinski definition) is 0. The average Bonchev–Trinajstić information content (AvgIpc) is 2.83. The minimum Gasteiger partial charge on any atom is -0.493 e. The molecule has 3 amide bonds. The van der Waals surface area contributed by atoms with Crippen LogP contribution in [0.5, 0.6) is 5.75 Å². The number of carbonyl (C=O) groups excluding carboxylic acids is 3. The number of para-hydroxylation sites is 1. The Morgan fingerprint density at radius 3 is 2.34 bits per heavy atom. The van der Waals surface area contributed by atoms with E-state index < -0.39 is 5.60 Å². The largest absolute Gasteiger partial charge is 0.493 e. The Kier molecular flexibility index (Phi) is 9.40. The number of hydrogen-bond acceptors (Lipinski definition) is 5. The predicted octanol–water partition coefficient (Wildman–Crippen LogP) is 3.80. The van der Waals surface area contributed by atoms with E-state index in [4.69, 9.17) is 9.47 Å². The van der Waals surface area contributed by atoms with Gasteiger partial charge in [-0.15, -0.1) is 0 Å². The lowest BCUT2D eigenvalue weighted by molar-refractivity contribution is -0.142. The average molecular weight is 488 g/mol. The first-order valence-corrected chi connectivity index (χ1v) is 12.8. The number of ether oxygens (including phenoxy) is 2. The summed E-state index contributed by atoms with van der Waals surface area (Å²) in [5.41, 5.74) is -0.523. The van der Waals surface area contributed by atoms with Crippen LogP contribution in [0.3, 0.4) is 0 Å². The first-order chi connectivity index (χ1) is 16.6. The van der Waals surface area contributed by atoms with E-state index in [1.807, 2.05) is 60.9 Å². The molecule has 0 spiro atoms. The van der Waals surface area contributed by atoms with Crippen LogP contribution in [0.15, 0.2) is 30.3 Å². The third kappa shape index (κ3) is 8.44. The summed E-state index contributed by atoms with van der Waals surface area (Å²) < 4.78 is 11.1. The number of carbonyl (C=O) groups is 3. The molecule has 194 valence electrons. The first-order valence-electron chi connectivity index (χ1n) is 12.8. The second-order valence-corrected chi connectivity index (χ2v) is 10.7. The summed E-state index contributed by atoms with van der Waals surface area (Å²) in [4.78, 5) is 43.5. The molecule has 2 heterocycles. The highest BCUT2D eigenvalue weighted by Crippen LogP contribution is 2.25. The molecule has 1 unspecified atom stereocenters. The van der Waals surface area contributed by atoms with Gasteiger partial charge in [-0.05, 0) is 64.5 Å². The summed E-state index contributed by atoms with van der Waals surface area (Å²) in [6.07, 6.45) is 3.34. The van der Waals surface area contributed by atoms with E-state index in [-0.39, 0.29) is 29.7 Å². The van der Waals surface area contributed by atoms with E-state index in [1.165, 1.54) is 0 Å². The van der Waals surface area contributed by atoms with Crippen molar-refractivity contribution < 1.29 is 23.9 Å². The van der Waals surface area contributed by atoms with Crippen molar-refractivity contribution in [3.63, 3.8) is 0 Å². The zero-order chi connectivity index (χ0) is 25.4. The van der Waals surface area contributed by atoms with Gasteiger partial charge >= 0.3 is 6.09 Å². The van der Waals surface area contributed by atoms with Crippen LogP contribution in [0, 0.1) is 11.8 Å². The number of benzene rings is 1. The zero-order valence-electron chi connectivity index (χ0n) is 21.7. The molecule has 8 heteroatoms. The molecule has 1 aromatic rings. The fraction of sp³-hybridized carbons (Fsp3) is 0.667. The molecule has 3 rings (SSSR count). The molecular weight excluding hydrogens is 446 g/mol. The fourth-order valence-corrected chi connectivity index (χ4v) is 4.78. The quantitative estimate of drug-likeness (QED) is 0.585. The summed E-state index contributed by atoms with van der Waals surface area (Å²) in [5.74, 6) is 1.24. The fourth-order valence-electron chi connectivity index (χ4n) is 4.78. The van der Waals surface area contributed by atoms with Crippen molar-refractivity contribution in [3.8, 4) is 5.75 Å². The van der Waals surface area contributed by atoms with Gasteiger partial charge in [0.1, 0.15) is 11.4 Å². The topological polar surface area (TPSA) is 79.4 Å². The van der Waals surface area contributed by atoms with Crippen LogP contribution in [0.1, 0.15) is 52.9 Å². The van der Waals surface area contributed by atoms with Crippen LogP contribution in [0.4, 0.5) is 4.79 Å². The Morgan fingerprint density at radius 1 is 1.00 bits per heavy atom. The SMILES string of the molecule is CN(CC1CCCN(C(=O)C2CCN(C(=O)CCOc3ccccc3)CC2)C1)C(=O)OC(C)(C)C. The van der Waals surface area contributed by atoms with Gasteiger partial charge in [-0.2, -0.15) is 0 Å². The molecule has 2 fully saturated rings. The van der Waals surface area contributed by atoms with Crippen molar-refractivity contribution in [2.45, 2.75) is 58.5 Å². The van der Waals surface area contributed by atoms with E-state index in [0.29, 0.717) is 52.0 Å². The van der Waals surface area contributed by atoms with Gasteiger partial charge in [-0.1, -0.05) is 18.2 Å². The van der Waals surface area contributed by atoms with Crippen molar-refractivity contribution in [1.29, 1.82) is 0 Å². The van der Waals surface area contributed by atoms with Gasteiger partial charge in [0.05, 0.1) is 13.0 Å². The lowest BCUT2D eigenvalue weighted by Gasteiger charge is -2.38. The van der Waals surface area contributed by atoms with Crippen molar-refractivity contribution >= 4 is 17.9 Å². The number of rotatable bonds is 7. The normalized spacial score (nSPS) is 19.3. The summed E-state index contributed by atoms with van der Waals surface area (Å²) in [6, 6.07) is 9.49. The maximum absolute atomic E-state index is 13.2. The minimum atomic E-state index is -0.523. The number of piperidine rings is 2. The van der Waals surface area contributed by atoms with Gasteiger partial charge < -0.3 is 24.2 Å². The molecule has 0 aromatic heterocycles. The van der Waals surface area contributed by atoms with Gasteiger partial charge in [-0.3, -0.25) is 9.59 Å². The van der Waals surface area contributed by atoms with E-state index in [9.17, 15) is 14.4 Å². The Morgan fingerprint density at radius 2 is 1.69 bits per heavy atom. The van der Waals surface area contributed by atoms with Gasteiger partial charge in [0, 0.05) is 45.7 Å². The Bertz CT molecular complexity index is 846. The van der Waals surface area contributed by atoms with E-state index in [0.717, 1.165) is 25.1 Å².